The molecule has 1 heterocycles. The molecule has 0 aliphatic carbocycles. The van der Waals surface area contributed by atoms with Crippen LogP contribution in [0.25, 0.3) is 0 Å². The van der Waals surface area contributed by atoms with Gasteiger partial charge in [0.25, 0.3) is 0 Å². The van der Waals surface area contributed by atoms with Gasteiger partial charge in [0.05, 0.1) is 16.4 Å². The van der Waals surface area contributed by atoms with E-state index in [-0.39, 0.29) is 6.61 Å². The van der Waals surface area contributed by atoms with Gasteiger partial charge in [-0.05, 0) is 35.3 Å². The Labute approximate surface area is 98.2 Å². The molecule has 1 rings (SSSR count). The largest absolute Gasteiger partial charge is 0.397 e. The molecule has 3 N–H and O–H groups in total. The van der Waals surface area contributed by atoms with Crippen LogP contribution in [0, 0.1) is 0 Å². The Morgan fingerprint density at radius 1 is 1.60 bits per heavy atom. The van der Waals surface area contributed by atoms with E-state index in [1.165, 1.54) is 0 Å². The minimum Gasteiger partial charge on any atom is -0.397 e. The van der Waals surface area contributed by atoms with E-state index in [1.807, 2.05) is 6.07 Å². The summed E-state index contributed by atoms with van der Waals surface area (Å²) in [5, 5.41) is 8.79. The summed E-state index contributed by atoms with van der Waals surface area (Å²) in [4.78, 5) is 6.37. The van der Waals surface area contributed by atoms with E-state index in [0.717, 1.165) is 29.8 Å². The molecule has 0 saturated heterocycles. The van der Waals surface area contributed by atoms with Crippen molar-refractivity contribution in [1.82, 2.24) is 4.98 Å². The number of rotatable bonds is 5. The Balaban J connectivity index is 2.81. The van der Waals surface area contributed by atoms with Crippen LogP contribution in [-0.2, 0) is 0 Å². The number of nitrogens with two attached hydrogens (primary N) is 1. The lowest BCUT2D eigenvalue weighted by Crippen LogP contribution is -2.26. The standard InChI is InChI=1S/C10H16BrN3O/c1-2-14(4-3-5-15)10-9(11)6-8(12)7-13-10/h6-7,15H,2-5,12H2,1H3. The van der Waals surface area contributed by atoms with Crippen molar-refractivity contribution in [3.8, 4) is 0 Å². The highest BCUT2D eigenvalue weighted by Gasteiger charge is 2.09. The van der Waals surface area contributed by atoms with Crippen molar-refractivity contribution in [2.45, 2.75) is 13.3 Å². The van der Waals surface area contributed by atoms with Crippen LogP contribution in [0.4, 0.5) is 11.5 Å². The Morgan fingerprint density at radius 2 is 2.33 bits per heavy atom. The molecule has 5 heteroatoms. The van der Waals surface area contributed by atoms with Gasteiger partial charge in [0.1, 0.15) is 5.82 Å². The number of halogens is 1. The van der Waals surface area contributed by atoms with E-state index in [9.17, 15) is 0 Å². The van der Waals surface area contributed by atoms with Crippen LogP contribution in [0.3, 0.4) is 0 Å². The number of hydrogen-bond acceptors (Lipinski definition) is 4. The summed E-state index contributed by atoms with van der Waals surface area (Å²) in [5.74, 6) is 0.875. The number of hydrogen-bond donors (Lipinski definition) is 2. The second-order valence-corrected chi connectivity index (χ2v) is 4.09. The lowest BCUT2D eigenvalue weighted by atomic mass is 10.3. The van der Waals surface area contributed by atoms with Crippen molar-refractivity contribution in [3.63, 3.8) is 0 Å². The Hall–Kier alpha value is -0.810. The van der Waals surface area contributed by atoms with Crippen LogP contribution in [-0.4, -0.2) is 29.8 Å². The topological polar surface area (TPSA) is 62.4 Å². The van der Waals surface area contributed by atoms with Crippen LogP contribution in [0.5, 0.6) is 0 Å². The van der Waals surface area contributed by atoms with Gasteiger partial charge in [0.2, 0.25) is 0 Å². The smallest absolute Gasteiger partial charge is 0.143 e. The van der Waals surface area contributed by atoms with Crippen molar-refractivity contribution in [2.75, 3.05) is 30.3 Å². The second kappa shape index (κ2) is 5.92. The van der Waals surface area contributed by atoms with E-state index in [1.54, 1.807) is 6.20 Å². The van der Waals surface area contributed by atoms with Crippen LogP contribution >= 0.6 is 15.9 Å². The third kappa shape index (κ3) is 3.35. The van der Waals surface area contributed by atoms with E-state index in [4.69, 9.17) is 10.8 Å². The normalized spacial score (nSPS) is 10.3. The summed E-state index contributed by atoms with van der Waals surface area (Å²) in [6, 6.07) is 1.84. The maximum atomic E-state index is 8.79. The van der Waals surface area contributed by atoms with Crippen molar-refractivity contribution < 1.29 is 5.11 Å². The molecule has 1 aromatic rings. The van der Waals surface area contributed by atoms with Crippen LogP contribution in [0.1, 0.15) is 13.3 Å². The number of pyridine rings is 1. The highest BCUT2D eigenvalue weighted by molar-refractivity contribution is 9.10. The minimum absolute atomic E-state index is 0.198. The zero-order valence-electron chi connectivity index (χ0n) is 8.78. The zero-order chi connectivity index (χ0) is 11.3. The fourth-order valence-corrected chi connectivity index (χ4v) is 1.97. The van der Waals surface area contributed by atoms with E-state index >= 15 is 0 Å². The van der Waals surface area contributed by atoms with Crippen LogP contribution in [0.15, 0.2) is 16.7 Å². The number of aliphatic hydroxyl groups is 1. The predicted molar refractivity (Wildman–Crippen MR) is 65.9 cm³/mol. The predicted octanol–water partition coefficient (Wildman–Crippen LogP) is 1.63. The monoisotopic (exact) mass is 273 g/mol. The summed E-state index contributed by atoms with van der Waals surface area (Å²) in [6.45, 7) is 3.91. The highest BCUT2D eigenvalue weighted by atomic mass is 79.9. The molecule has 0 spiro atoms. The van der Waals surface area contributed by atoms with Crippen LogP contribution in [0.2, 0.25) is 0 Å². The van der Waals surface area contributed by atoms with E-state index in [0.29, 0.717) is 5.69 Å². The van der Waals surface area contributed by atoms with E-state index < -0.39 is 0 Å². The van der Waals surface area contributed by atoms with Crippen molar-refractivity contribution in [1.29, 1.82) is 0 Å². The van der Waals surface area contributed by atoms with Gasteiger partial charge >= 0.3 is 0 Å². The molecule has 0 atom stereocenters. The molecule has 0 radical (unpaired) electrons. The molecular formula is C10H16BrN3O. The lowest BCUT2D eigenvalue weighted by Gasteiger charge is -2.22. The molecule has 0 aromatic carbocycles. The SMILES string of the molecule is CCN(CCCO)c1ncc(N)cc1Br. The molecule has 4 nitrogen and oxygen atoms in total. The Morgan fingerprint density at radius 3 is 2.87 bits per heavy atom. The third-order valence-corrected chi connectivity index (χ3v) is 2.69. The second-order valence-electron chi connectivity index (χ2n) is 3.23. The third-order valence-electron chi connectivity index (χ3n) is 2.11. The summed E-state index contributed by atoms with van der Waals surface area (Å²) < 4.78 is 0.891. The number of anilines is 2. The number of aromatic nitrogens is 1. The van der Waals surface area contributed by atoms with Crippen LogP contribution < -0.4 is 10.6 Å². The molecule has 0 aliphatic heterocycles. The molecule has 0 aliphatic rings. The average Bonchev–Trinajstić information content (AvgIpc) is 2.21. The first-order valence-electron chi connectivity index (χ1n) is 4.95. The van der Waals surface area contributed by atoms with Gasteiger partial charge in [-0.1, -0.05) is 0 Å². The molecule has 15 heavy (non-hydrogen) atoms. The van der Waals surface area contributed by atoms with Crippen molar-refractivity contribution in [2.24, 2.45) is 0 Å². The average molecular weight is 274 g/mol. The summed E-state index contributed by atoms with van der Waals surface area (Å²) in [5.41, 5.74) is 6.26. The van der Waals surface area contributed by atoms with Gasteiger partial charge in [-0.2, -0.15) is 0 Å². The first-order valence-corrected chi connectivity index (χ1v) is 5.75. The summed E-state index contributed by atoms with van der Waals surface area (Å²) in [6.07, 6.45) is 2.38. The fraction of sp³-hybridized carbons (Fsp3) is 0.500. The minimum atomic E-state index is 0.198. The Kier molecular flexibility index (Phi) is 4.84. The number of nitrogens with zero attached hydrogens (tertiary/aromatic N) is 2. The van der Waals surface area contributed by atoms with Crippen molar-refractivity contribution in [3.05, 3.63) is 16.7 Å². The van der Waals surface area contributed by atoms with Crippen molar-refractivity contribution >= 4 is 27.4 Å². The number of nitrogen functional groups attached to an aromatic ring is 1. The Bertz CT molecular complexity index is 320. The van der Waals surface area contributed by atoms with Gasteiger partial charge in [-0.25, -0.2) is 4.98 Å². The van der Waals surface area contributed by atoms with Gasteiger partial charge < -0.3 is 15.7 Å². The molecule has 0 unspecified atom stereocenters. The highest BCUT2D eigenvalue weighted by Crippen LogP contribution is 2.25. The van der Waals surface area contributed by atoms with Gasteiger partial charge in [-0.15, -0.1) is 0 Å². The quantitative estimate of drug-likeness (QED) is 0.856. The summed E-state index contributed by atoms with van der Waals surface area (Å²) >= 11 is 3.43. The first kappa shape index (κ1) is 12.3. The molecule has 0 bridgehead atoms. The molecule has 0 amide bonds. The number of aliphatic hydroxyl groups excluding tert-OH is 1. The van der Waals surface area contributed by atoms with E-state index in [2.05, 4.69) is 32.7 Å². The maximum absolute atomic E-state index is 8.79. The zero-order valence-corrected chi connectivity index (χ0v) is 10.4. The molecule has 1 aromatic heterocycles. The lowest BCUT2D eigenvalue weighted by molar-refractivity contribution is 0.289. The molecule has 0 fully saturated rings. The summed E-state index contributed by atoms with van der Waals surface area (Å²) in [7, 11) is 0. The molecular weight excluding hydrogens is 258 g/mol. The van der Waals surface area contributed by atoms with Gasteiger partial charge in [0.15, 0.2) is 0 Å². The first-order chi connectivity index (χ1) is 7.19. The van der Waals surface area contributed by atoms with Gasteiger partial charge in [0, 0.05) is 19.7 Å². The maximum Gasteiger partial charge on any atom is 0.143 e. The fourth-order valence-electron chi connectivity index (χ4n) is 1.35. The molecule has 84 valence electrons. The molecule has 0 saturated carbocycles. The van der Waals surface area contributed by atoms with Gasteiger partial charge in [-0.3, -0.25) is 0 Å².